The Balaban J connectivity index is 2.12. The van der Waals surface area contributed by atoms with Gasteiger partial charge < -0.3 is 11.1 Å². The van der Waals surface area contributed by atoms with Crippen LogP contribution in [0.2, 0.25) is 0 Å². The molecular weight excluding hydrogens is 238 g/mol. The molecule has 1 aromatic rings. The molecule has 104 valence electrons. The maximum Gasteiger partial charge on any atom is 0.231 e. The Morgan fingerprint density at radius 1 is 1.53 bits per heavy atom. The van der Waals surface area contributed by atoms with Crippen molar-refractivity contribution in [1.29, 1.82) is 0 Å². The highest BCUT2D eigenvalue weighted by Gasteiger charge is 2.39. The van der Waals surface area contributed by atoms with Gasteiger partial charge in [-0.1, -0.05) is 6.92 Å². The molecule has 1 fully saturated rings. The molecule has 0 radical (unpaired) electrons. The van der Waals surface area contributed by atoms with Crippen molar-refractivity contribution >= 4 is 11.6 Å². The summed E-state index contributed by atoms with van der Waals surface area (Å²) in [6.45, 7) is 4.61. The minimum Gasteiger partial charge on any atom is -0.329 e. The fourth-order valence-corrected chi connectivity index (χ4v) is 2.71. The number of carbonyl (C=O) groups excluding carboxylic acids is 1. The molecule has 0 aliphatic heterocycles. The number of hydrogen-bond donors (Lipinski definition) is 2. The molecule has 2 rings (SSSR count). The van der Waals surface area contributed by atoms with Crippen LogP contribution in [-0.2, 0) is 4.79 Å². The number of aromatic nitrogens is 1. The van der Waals surface area contributed by atoms with E-state index in [1.165, 1.54) is 0 Å². The fourth-order valence-electron chi connectivity index (χ4n) is 2.71. The summed E-state index contributed by atoms with van der Waals surface area (Å²) in [4.78, 5) is 16.6. The maximum atomic E-state index is 12.6. The molecule has 1 saturated carbocycles. The zero-order valence-corrected chi connectivity index (χ0v) is 11.8. The van der Waals surface area contributed by atoms with Crippen molar-refractivity contribution in [2.24, 2.45) is 17.1 Å². The number of carbonyl (C=O) groups is 1. The lowest BCUT2D eigenvalue weighted by Gasteiger charge is -2.37. The van der Waals surface area contributed by atoms with E-state index < -0.39 is 0 Å². The molecule has 0 unspecified atom stereocenters. The number of nitrogens with one attached hydrogen (secondary N) is 1. The van der Waals surface area contributed by atoms with Crippen LogP contribution in [0.5, 0.6) is 0 Å². The number of nitrogens with zero attached hydrogens (tertiary/aromatic N) is 1. The average Bonchev–Trinajstić information content (AvgIpc) is 2.42. The Morgan fingerprint density at radius 2 is 2.21 bits per heavy atom. The highest BCUT2D eigenvalue weighted by Crippen LogP contribution is 2.39. The van der Waals surface area contributed by atoms with Gasteiger partial charge in [-0.05, 0) is 50.2 Å². The first kappa shape index (κ1) is 14.0. The van der Waals surface area contributed by atoms with Gasteiger partial charge in [0.25, 0.3) is 0 Å². The number of nitrogens with two attached hydrogens (primary N) is 1. The monoisotopic (exact) mass is 261 g/mol. The molecular formula is C15H23N3O. The third kappa shape index (κ3) is 2.95. The van der Waals surface area contributed by atoms with Gasteiger partial charge in [-0.15, -0.1) is 0 Å². The van der Waals surface area contributed by atoms with Crippen molar-refractivity contribution in [2.75, 3.05) is 11.9 Å². The van der Waals surface area contributed by atoms with Gasteiger partial charge in [-0.3, -0.25) is 9.78 Å². The van der Waals surface area contributed by atoms with Crippen LogP contribution in [0.4, 0.5) is 5.69 Å². The molecule has 1 aromatic heterocycles. The van der Waals surface area contributed by atoms with Crippen LogP contribution in [0.3, 0.4) is 0 Å². The fraction of sp³-hybridized carbons (Fsp3) is 0.600. The van der Waals surface area contributed by atoms with E-state index in [1.807, 2.05) is 13.0 Å². The van der Waals surface area contributed by atoms with Crippen LogP contribution < -0.4 is 11.1 Å². The molecule has 1 aliphatic rings. The van der Waals surface area contributed by atoms with Crippen molar-refractivity contribution in [3.63, 3.8) is 0 Å². The summed E-state index contributed by atoms with van der Waals surface area (Å²) in [5, 5.41) is 3.03. The molecule has 4 heteroatoms. The number of anilines is 1. The van der Waals surface area contributed by atoms with E-state index in [0.717, 1.165) is 36.9 Å². The Labute approximate surface area is 114 Å². The first-order valence-electron chi connectivity index (χ1n) is 6.99. The molecule has 3 N–H and O–H groups in total. The van der Waals surface area contributed by atoms with Crippen LogP contribution in [-0.4, -0.2) is 17.4 Å². The van der Waals surface area contributed by atoms with E-state index in [2.05, 4.69) is 17.2 Å². The molecule has 0 saturated heterocycles. The average molecular weight is 261 g/mol. The third-order valence-corrected chi connectivity index (χ3v) is 4.37. The van der Waals surface area contributed by atoms with Crippen molar-refractivity contribution < 1.29 is 4.79 Å². The van der Waals surface area contributed by atoms with Crippen LogP contribution in [0.15, 0.2) is 18.5 Å². The number of rotatable bonds is 3. The van der Waals surface area contributed by atoms with Crippen molar-refractivity contribution in [2.45, 2.75) is 39.5 Å². The second-order valence-corrected chi connectivity index (χ2v) is 5.81. The summed E-state index contributed by atoms with van der Waals surface area (Å²) >= 11 is 0. The molecule has 4 nitrogen and oxygen atoms in total. The van der Waals surface area contributed by atoms with Gasteiger partial charge in [0, 0.05) is 24.6 Å². The highest BCUT2D eigenvalue weighted by atomic mass is 16.2. The number of aryl methyl sites for hydroxylation is 1. The molecule has 0 atom stereocenters. The number of hydrogen-bond acceptors (Lipinski definition) is 3. The van der Waals surface area contributed by atoms with Crippen LogP contribution in [0, 0.1) is 18.3 Å². The van der Waals surface area contributed by atoms with Crippen LogP contribution >= 0.6 is 0 Å². The second kappa shape index (κ2) is 5.70. The maximum absolute atomic E-state index is 12.6. The Hall–Kier alpha value is -1.42. The summed E-state index contributed by atoms with van der Waals surface area (Å²) in [7, 11) is 0. The largest absolute Gasteiger partial charge is 0.329 e. The molecule has 1 amide bonds. The number of pyridine rings is 1. The van der Waals surface area contributed by atoms with E-state index in [-0.39, 0.29) is 11.3 Å². The summed E-state index contributed by atoms with van der Waals surface area (Å²) in [5.41, 5.74) is 7.33. The van der Waals surface area contributed by atoms with Gasteiger partial charge in [-0.2, -0.15) is 0 Å². The van der Waals surface area contributed by atoms with Gasteiger partial charge in [0.05, 0.1) is 5.41 Å². The smallest absolute Gasteiger partial charge is 0.231 e. The molecule has 19 heavy (non-hydrogen) atoms. The lowest BCUT2D eigenvalue weighted by molar-refractivity contribution is -0.127. The summed E-state index contributed by atoms with van der Waals surface area (Å²) in [6, 6.07) is 1.84. The predicted octanol–water partition coefficient (Wildman–Crippen LogP) is 2.48. The van der Waals surface area contributed by atoms with Gasteiger partial charge in [0.2, 0.25) is 5.91 Å². The Morgan fingerprint density at radius 3 is 2.79 bits per heavy atom. The van der Waals surface area contributed by atoms with E-state index >= 15 is 0 Å². The Bertz CT molecular complexity index is 450. The third-order valence-electron chi connectivity index (χ3n) is 4.37. The molecule has 0 aromatic carbocycles. The molecule has 0 bridgehead atoms. The standard InChI is InChI=1S/C15H23N3O/c1-11-3-6-15(10-16,7-4-11)14(19)18-13-5-8-17-9-12(13)2/h5,8-9,11H,3-4,6-7,10,16H2,1-2H3,(H,17,18,19). The highest BCUT2D eigenvalue weighted by molar-refractivity contribution is 5.96. The van der Waals surface area contributed by atoms with Crippen LogP contribution in [0.25, 0.3) is 0 Å². The summed E-state index contributed by atoms with van der Waals surface area (Å²) in [5.74, 6) is 0.770. The van der Waals surface area contributed by atoms with E-state index in [1.54, 1.807) is 12.4 Å². The zero-order chi connectivity index (χ0) is 13.9. The van der Waals surface area contributed by atoms with Crippen molar-refractivity contribution in [3.05, 3.63) is 24.0 Å². The second-order valence-electron chi connectivity index (χ2n) is 5.81. The SMILES string of the molecule is Cc1cnccc1NC(=O)C1(CN)CCC(C)CC1. The Kier molecular flexibility index (Phi) is 4.20. The van der Waals surface area contributed by atoms with E-state index in [9.17, 15) is 4.79 Å². The van der Waals surface area contributed by atoms with E-state index in [4.69, 9.17) is 5.73 Å². The van der Waals surface area contributed by atoms with Crippen LogP contribution in [0.1, 0.15) is 38.2 Å². The molecule has 1 aliphatic carbocycles. The van der Waals surface area contributed by atoms with Gasteiger partial charge in [0.15, 0.2) is 0 Å². The lowest BCUT2D eigenvalue weighted by atomic mass is 9.70. The number of amides is 1. The van der Waals surface area contributed by atoms with E-state index in [0.29, 0.717) is 12.5 Å². The molecule has 0 spiro atoms. The van der Waals surface area contributed by atoms with Gasteiger partial charge >= 0.3 is 0 Å². The molecule has 1 heterocycles. The first-order chi connectivity index (χ1) is 9.07. The zero-order valence-electron chi connectivity index (χ0n) is 11.8. The van der Waals surface area contributed by atoms with Gasteiger partial charge in [0.1, 0.15) is 0 Å². The summed E-state index contributed by atoms with van der Waals surface area (Å²) < 4.78 is 0. The predicted molar refractivity (Wildman–Crippen MR) is 76.7 cm³/mol. The van der Waals surface area contributed by atoms with Gasteiger partial charge in [-0.25, -0.2) is 0 Å². The normalized spacial score (nSPS) is 27.0. The lowest BCUT2D eigenvalue weighted by Crippen LogP contribution is -2.44. The minimum atomic E-state index is -0.387. The topological polar surface area (TPSA) is 68.0 Å². The minimum absolute atomic E-state index is 0.0659. The van der Waals surface area contributed by atoms with Crippen molar-refractivity contribution in [3.8, 4) is 0 Å². The summed E-state index contributed by atoms with van der Waals surface area (Å²) in [6.07, 6.45) is 7.40. The first-order valence-corrected chi connectivity index (χ1v) is 6.99. The van der Waals surface area contributed by atoms with Crippen molar-refractivity contribution in [1.82, 2.24) is 4.98 Å². The quantitative estimate of drug-likeness (QED) is 0.878.